The van der Waals surface area contributed by atoms with E-state index < -0.39 is 0 Å². The zero-order chi connectivity index (χ0) is 17.3. The highest BCUT2D eigenvalue weighted by Crippen LogP contribution is 2.17. The maximum absolute atomic E-state index is 12.1. The summed E-state index contributed by atoms with van der Waals surface area (Å²) in [4.78, 5) is 17.3. The number of rotatable bonds is 4. The zero-order valence-electron chi connectivity index (χ0n) is 13.5. The molecule has 0 fully saturated rings. The molecule has 1 aromatic heterocycles. The lowest BCUT2D eigenvalue weighted by Gasteiger charge is -2.05. The van der Waals surface area contributed by atoms with E-state index in [4.69, 9.17) is 0 Å². The predicted molar refractivity (Wildman–Crippen MR) is 102 cm³/mol. The average molecular weight is 344 g/mol. The van der Waals surface area contributed by atoms with Gasteiger partial charge in [-0.2, -0.15) is 0 Å². The van der Waals surface area contributed by atoms with E-state index in [2.05, 4.69) is 22.1 Å². The molecule has 0 aliphatic heterocycles. The molecule has 1 heterocycles. The number of hydrogen-bond donors (Lipinski definition) is 1. The summed E-state index contributed by atoms with van der Waals surface area (Å²) >= 11 is 1.51. The topological polar surface area (TPSA) is 42.0 Å². The van der Waals surface area contributed by atoms with Gasteiger partial charge in [0.15, 0.2) is 0 Å². The Morgan fingerprint density at radius 2 is 1.80 bits per heavy atom. The Hall–Kier alpha value is -3.03. The van der Waals surface area contributed by atoms with E-state index in [9.17, 15) is 4.79 Å². The Kier molecular flexibility index (Phi) is 5.86. The van der Waals surface area contributed by atoms with Crippen LogP contribution >= 0.6 is 11.8 Å². The number of nitrogens with zero attached hydrogens (tertiary/aromatic N) is 1. The van der Waals surface area contributed by atoms with Gasteiger partial charge in [0.05, 0.1) is 5.75 Å². The van der Waals surface area contributed by atoms with Gasteiger partial charge in [0.2, 0.25) is 5.91 Å². The summed E-state index contributed by atoms with van der Waals surface area (Å²) in [6.07, 6.45) is 1.71. The van der Waals surface area contributed by atoms with Gasteiger partial charge in [0.25, 0.3) is 0 Å². The van der Waals surface area contributed by atoms with Crippen LogP contribution in [0.5, 0.6) is 0 Å². The third kappa shape index (κ3) is 5.52. The average Bonchev–Trinajstić information content (AvgIpc) is 2.67. The van der Waals surface area contributed by atoms with Crippen molar-refractivity contribution in [2.75, 3.05) is 11.1 Å². The summed E-state index contributed by atoms with van der Waals surface area (Å²) in [5.41, 5.74) is 2.29. The minimum absolute atomic E-state index is 0.0383. The first-order valence-corrected chi connectivity index (χ1v) is 8.79. The van der Waals surface area contributed by atoms with E-state index >= 15 is 0 Å². The zero-order valence-corrected chi connectivity index (χ0v) is 14.3. The fraction of sp³-hybridized carbons (Fsp3) is 0.0476. The molecule has 0 aliphatic rings. The normalized spacial score (nSPS) is 9.76. The largest absolute Gasteiger partial charge is 0.325 e. The van der Waals surface area contributed by atoms with Crippen LogP contribution < -0.4 is 5.32 Å². The van der Waals surface area contributed by atoms with Crippen LogP contribution in [0.3, 0.4) is 0 Å². The summed E-state index contributed by atoms with van der Waals surface area (Å²) in [5.74, 6) is 6.40. The number of aromatic nitrogens is 1. The second kappa shape index (κ2) is 8.72. The van der Waals surface area contributed by atoms with E-state index in [1.165, 1.54) is 11.8 Å². The molecule has 1 N–H and O–H groups in total. The molecule has 122 valence electrons. The second-order valence-corrected chi connectivity index (χ2v) is 6.24. The molecule has 0 unspecified atom stereocenters. The van der Waals surface area contributed by atoms with Gasteiger partial charge in [-0.25, -0.2) is 4.98 Å². The monoisotopic (exact) mass is 344 g/mol. The summed E-state index contributed by atoms with van der Waals surface area (Å²) in [5, 5.41) is 2.91. The van der Waals surface area contributed by atoms with E-state index in [1.807, 2.05) is 72.8 Å². The van der Waals surface area contributed by atoms with Crippen molar-refractivity contribution in [2.45, 2.75) is 4.90 Å². The molecule has 3 rings (SSSR count). The molecule has 0 atom stereocenters. The lowest BCUT2D eigenvalue weighted by molar-refractivity contribution is -0.113. The number of hydrogen-bond acceptors (Lipinski definition) is 3. The Morgan fingerprint density at radius 1 is 0.960 bits per heavy atom. The fourth-order valence-electron chi connectivity index (χ4n) is 2.11. The third-order valence-electron chi connectivity index (χ3n) is 3.26. The molecule has 0 saturated carbocycles. The van der Waals surface area contributed by atoms with Crippen LogP contribution in [0.4, 0.5) is 5.69 Å². The lowest BCUT2D eigenvalue weighted by Crippen LogP contribution is -2.13. The number of thioether (sulfide) groups is 1. The maximum atomic E-state index is 12.1. The van der Waals surface area contributed by atoms with Crippen LogP contribution in [0.25, 0.3) is 0 Å². The van der Waals surface area contributed by atoms with Gasteiger partial charge in [-0.1, -0.05) is 36.3 Å². The molecule has 0 saturated heterocycles. The summed E-state index contributed by atoms with van der Waals surface area (Å²) < 4.78 is 0. The Labute approximate surface area is 151 Å². The summed E-state index contributed by atoms with van der Waals surface area (Å²) in [6, 6.07) is 23.0. The van der Waals surface area contributed by atoms with Gasteiger partial charge >= 0.3 is 0 Å². The van der Waals surface area contributed by atoms with E-state index in [1.54, 1.807) is 6.20 Å². The molecule has 0 spiro atoms. The lowest BCUT2D eigenvalue weighted by atomic mass is 10.2. The van der Waals surface area contributed by atoms with Gasteiger partial charge in [-0.05, 0) is 48.4 Å². The molecule has 3 aromatic rings. The number of amides is 1. The molecular weight excluding hydrogens is 328 g/mol. The summed E-state index contributed by atoms with van der Waals surface area (Å²) in [6.45, 7) is 0. The summed E-state index contributed by atoms with van der Waals surface area (Å²) in [7, 11) is 0. The van der Waals surface area contributed by atoms with Crippen molar-refractivity contribution in [2.24, 2.45) is 0 Å². The molecule has 0 aliphatic carbocycles. The van der Waals surface area contributed by atoms with Crippen molar-refractivity contribution in [1.29, 1.82) is 0 Å². The van der Waals surface area contributed by atoms with Crippen molar-refractivity contribution in [3.8, 4) is 11.8 Å². The van der Waals surface area contributed by atoms with Crippen LogP contribution in [0, 0.1) is 11.8 Å². The van der Waals surface area contributed by atoms with Crippen LogP contribution in [0.2, 0.25) is 0 Å². The van der Waals surface area contributed by atoms with Crippen LogP contribution in [-0.4, -0.2) is 16.6 Å². The molecule has 1 amide bonds. The predicted octanol–water partition coefficient (Wildman–Crippen LogP) is 4.21. The molecule has 0 radical (unpaired) electrons. The number of carbonyl (C=O) groups is 1. The standard InChI is InChI=1S/C21H16N2OS/c24-21(16-25-20-10-2-1-3-11-20)23-19-9-6-7-17(15-19)12-13-18-8-4-5-14-22-18/h1-11,14-15H,16H2,(H,23,24). The number of carbonyl (C=O) groups excluding carboxylic acids is 1. The van der Waals surface area contributed by atoms with Crippen LogP contribution in [0.15, 0.2) is 83.9 Å². The minimum atomic E-state index is -0.0383. The van der Waals surface area contributed by atoms with Crippen molar-refractivity contribution in [1.82, 2.24) is 4.98 Å². The van der Waals surface area contributed by atoms with Gasteiger partial charge in [0, 0.05) is 22.3 Å². The van der Waals surface area contributed by atoms with E-state index in [-0.39, 0.29) is 5.91 Å². The van der Waals surface area contributed by atoms with Gasteiger partial charge < -0.3 is 5.32 Å². The van der Waals surface area contributed by atoms with E-state index in [0.717, 1.165) is 21.8 Å². The molecule has 4 heteroatoms. The number of nitrogens with one attached hydrogen (secondary N) is 1. The first-order valence-electron chi connectivity index (χ1n) is 7.80. The number of benzene rings is 2. The van der Waals surface area contributed by atoms with Crippen molar-refractivity contribution < 1.29 is 4.79 Å². The first-order chi connectivity index (χ1) is 12.3. The van der Waals surface area contributed by atoms with Crippen LogP contribution in [-0.2, 0) is 4.79 Å². The van der Waals surface area contributed by atoms with Gasteiger partial charge in [-0.3, -0.25) is 4.79 Å². The highest BCUT2D eigenvalue weighted by atomic mass is 32.2. The molecule has 2 aromatic carbocycles. The Morgan fingerprint density at radius 3 is 2.60 bits per heavy atom. The smallest absolute Gasteiger partial charge is 0.234 e. The van der Waals surface area contributed by atoms with E-state index in [0.29, 0.717) is 5.75 Å². The first kappa shape index (κ1) is 16.8. The molecular formula is C21H16N2OS. The number of anilines is 1. The fourth-order valence-corrected chi connectivity index (χ4v) is 2.83. The van der Waals surface area contributed by atoms with Crippen molar-refractivity contribution in [3.63, 3.8) is 0 Å². The minimum Gasteiger partial charge on any atom is -0.325 e. The Balaban J connectivity index is 1.60. The van der Waals surface area contributed by atoms with Gasteiger partial charge in [-0.15, -0.1) is 11.8 Å². The highest BCUT2D eigenvalue weighted by Gasteiger charge is 2.04. The maximum Gasteiger partial charge on any atom is 0.234 e. The number of pyridine rings is 1. The van der Waals surface area contributed by atoms with Crippen molar-refractivity contribution >= 4 is 23.4 Å². The van der Waals surface area contributed by atoms with Gasteiger partial charge in [0.1, 0.15) is 5.69 Å². The molecule has 3 nitrogen and oxygen atoms in total. The third-order valence-corrected chi connectivity index (χ3v) is 4.27. The Bertz CT molecular complexity index is 899. The van der Waals surface area contributed by atoms with Crippen LogP contribution in [0.1, 0.15) is 11.3 Å². The molecule has 0 bridgehead atoms. The highest BCUT2D eigenvalue weighted by molar-refractivity contribution is 8.00. The second-order valence-electron chi connectivity index (χ2n) is 5.20. The molecule has 25 heavy (non-hydrogen) atoms. The SMILES string of the molecule is O=C(CSc1ccccc1)Nc1cccc(C#Cc2ccccn2)c1. The quantitative estimate of drug-likeness (QED) is 0.569. The van der Waals surface area contributed by atoms with Crippen molar-refractivity contribution in [3.05, 3.63) is 90.3 Å².